The summed E-state index contributed by atoms with van der Waals surface area (Å²) in [6, 6.07) is 6.06. The lowest BCUT2D eigenvalue weighted by molar-refractivity contribution is 0.871. The molecular weight excluding hydrogens is 231 g/mol. The molecule has 0 aliphatic heterocycles. The van der Waals surface area contributed by atoms with Gasteiger partial charge in [0.1, 0.15) is 0 Å². The summed E-state index contributed by atoms with van der Waals surface area (Å²) < 4.78 is 1.76. The molecule has 0 spiro atoms. The molecule has 0 atom stereocenters. The van der Waals surface area contributed by atoms with Crippen molar-refractivity contribution in [2.45, 2.75) is 12.8 Å². The maximum atomic E-state index is 5.83. The molecule has 0 fully saturated rings. The number of halogens is 2. The SMILES string of the molecule is Cc1ccc(CCl)cc1-n1cc(Cl)cn1. The monoisotopic (exact) mass is 240 g/mol. The molecule has 0 unspecified atom stereocenters. The summed E-state index contributed by atoms with van der Waals surface area (Å²) in [7, 11) is 0. The van der Waals surface area contributed by atoms with Crippen LogP contribution in [0.15, 0.2) is 30.6 Å². The molecule has 1 heterocycles. The van der Waals surface area contributed by atoms with Crippen molar-refractivity contribution in [2.75, 3.05) is 0 Å². The van der Waals surface area contributed by atoms with Gasteiger partial charge in [-0.1, -0.05) is 23.7 Å². The maximum absolute atomic E-state index is 5.83. The number of hydrogen-bond acceptors (Lipinski definition) is 1. The summed E-state index contributed by atoms with van der Waals surface area (Å²) in [5.74, 6) is 0.502. The average molecular weight is 241 g/mol. The van der Waals surface area contributed by atoms with E-state index in [0.717, 1.165) is 16.8 Å². The second-order valence-electron chi connectivity index (χ2n) is 3.36. The van der Waals surface area contributed by atoms with Crippen LogP contribution in [-0.2, 0) is 5.88 Å². The Morgan fingerprint density at radius 2 is 2.20 bits per heavy atom. The lowest BCUT2D eigenvalue weighted by Gasteiger charge is -2.07. The van der Waals surface area contributed by atoms with Gasteiger partial charge in [-0.25, -0.2) is 4.68 Å². The first-order valence-electron chi connectivity index (χ1n) is 4.57. The topological polar surface area (TPSA) is 17.8 Å². The number of alkyl halides is 1. The van der Waals surface area contributed by atoms with Crippen LogP contribution in [0.5, 0.6) is 0 Å². The van der Waals surface area contributed by atoms with Crippen LogP contribution in [0.4, 0.5) is 0 Å². The molecule has 1 aromatic carbocycles. The minimum absolute atomic E-state index is 0.502. The van der Waals surface area contributed by atoms with E-state index in [2.05, 4.69) is 5.10 Å². The minimum atomic E-state index is 0.502. The molecule has 0 amide bonds. The highest BCUT2D eigenvalue weighted by Gasteiger charge is 2.04. The lowest BCUT2D eigenvalue weighted by Crippen LogP contribution is -1.98. The van der Waals surface area contributed by atoms with Crippen LogP contribution in [0.1, 0.15) is 11.1 Å². The molecule has 2 aromatic rings. The third-order valence-electron chi connectivity index (χ3n) is 2.23. The van der Waals surface area contributed by atoms with Gasteiger partial charge < -0.3 is 0 Å². The standard InChI is InChI=1S/C11H10Cl2N2/c1-8-2-3-9(5-12)4-11(8)15-7-10(13)6-14-15/h2-4,6-7H,5H2,1H3. The predicted octanol–water partition coefficient (Wildman–Crippen LogP) is 3.57. The molecule has 4 heteroatoms. The second-order valence-corrected chi connectivity index (χ2v) is 4.06. The van der Waals surface area contributed by atoms with Crippen LogP contribution >= 0.6 is 23.2 Å². The van der Waals surface area contributed by atoms with Gasteiger partial charge >= 0.3 is 0 Å². The summed E-state index contributed by atoms with van der Waals surface area (Å²) in [6.45, 7) is 2.03. The Bertz CT molecular complexity index is 477. The molecule has 2 nitrogen and oxygen atoms in total. The lowest BCUT2D eigenvalue weighted by atomic mass is 10.1. The van der Waals surface area contributed by atoms with E-state index in [1.807, 2.05) is 25.1 Å². The Hall–Kier alpha value is -0.990. The highest BCUT2D eigenvalue weighted by atomic mass is 35.5. The second kappa shape index (κ2) is 4.25. The van der Waals surface area contributed by atoms with Crippen molar-refractivity contribution in [3.05, 3.63) is 46.7 Å². The average Bonchev–Trinajstić information content (AvgIpc) is 2.65. The van der Waals surface area contributed by atoms with Gasteiger partial charge in [0.05, 0.1) is 16.9 Å². The smallest absolute Gasteiger partial charge is 0.0790 e. The minimum Gasteiger partial charge on any atom is -0.239 e. The maximum Gasteiger partial charge on any atom is 0.0790 e. The van der Waals surface area contributed by atoms with Gasteiger partial charge in [-0.2, -0.15) is 5.10 Å². The normalized spacial score (nSPS) is 10.6. The first kappa shape index (κ1) is 10.5. The fourth-order valence-electron chi connectivity index (χ4n) is 1.42. The summed E-state index contributed by atoms with van der Waals surface area (Å²) in [5.41, 5.74) is 3.23. The molecule has 0 aliphatic carbocycles. The van der Waals surface area contributed by atoms with Crippen molar-refractivity contribution in [3.63, 3.8) is 0 Å². The molecule has 2 rings (SSSR count). The van der Waals surface area contributed by atoms with Gasteiger partial charge in [-0.15, -0.1) is 11.6 Å². The number of benzene rings is 1. The Morgan fingerprint density at radius 1 is 1.40 bits per heavy atom. The van der Waals surface area contributed by atoms with Crippen LogP contribution in [0.25, 0.3) is 5.69 Å². The van der Waals surface area contributed by atoms with Crippen LogP contribution in [0, 0.1) is 6.92 Å². The Kier molecular flexibility index (Phi) is 2.98. The molecule has 0 saturated carbocycles. The number of hydrogen-bond donors (Lipinski definition) is 0. The van der Waals surface area contributed by atoms with Gasteiger partial charge in [0.15, 0.2) is 0 Å². The molecule has 0 bridgehead atoms. The van der Waals surface area contributed by atoms with Gasteiger partial charge in [0, 0.05) is 12.1 Å². The first-order chi connectivity index (χ1) is 7.20. The molecule has 0 N–H and O–H groups in total. The predicted molar refractivity (Wildman–Crippen MR) is 62.9 cm³/mol. The highest BCUT2D eigenvalue weighted by molar-refractivity contribution is 6.30. The van der Waals surface area contributed by atoms with Gasteiger partial charge in [0.2, 0.25) is 0 Å². The van der Waals surface area contributed by atoms with E-state index in [4.69, 9.17) is 23.2 Å². The van der Waals surface area contributed by atoms with Crippen LogP contribution in [0.3, 0.4) is 0 Å². The summed E-state index contributed by atoms with van der Waals surface area (Å²) >= 11 is 11.6. The number of aromatic nitrogens is 2. The third-order valence-corrected chi connectivity index (χ3v) is 2.73. The van der Waals surface area contributed by atoms with Gasteiger partial charge in [0.25, 0.3) is 0 Å². The molecule has 0 saturated heterocycles. The molecule has 15 heavy (non-hydrogen) atoms. The Balaban J connectivity index is 2.51. The van der Waals surface area contributed by atoms with E-state index in [1.165, 1.54) is 0 Å². The molecular formula is C11H10Cl2N2. The van der Waals surface area contributed by atoms with Gasteiger partial charge in [-0.05, 0) is 24.1 Å². The zero-order valence-corrected chi connectivity index (χ0v) is 9.76. The highest BCUT2D eigenvalue weighted by Crippen LogP contribution is 2.18. The van der Waals surface area contributed by atoms with Gasteiger partial charge in [-0.3, -0.25) is 0 Å². The van der Waals surface area contributed by atoms with E-state index in [9.17, 15) is 0 Å². The van der Waals surface area contributed by atoms with E-state index >= 15 is 0 Å². The van der Waals surface area contributed by atoms with E-state index < -0.39 is 0 Å². The molecule has 0 aliphatic rings. The number of aryl methyl sites for hydroxylation is 1. The largest absolute Gasteiger partial charge is 0.239 e. The zero-order chi connectivity index (χ0) is 10.8. The third kappa shape index (κ3) is 2.16. The zero-order valence-electron chi connectivity index (χ0n) is 8.24. The van der Waals surface area contributed by atoms with E-state index in [-0.39, 0.29) is 0 Å². The summed E-state index contributed by atoms with van der Waals surface area (Å²) in [6.07, 6.45) is 3.40. The first-order valence-corrected chi connectivity index (χ1v) is 5.48. The van der Waals surface area contributed by atoms with Crippen LogP contribution in [0.2, 0.25) is 5.02 Å². The Morgan fingerprint density at radius 3 is 2.80 bits per heavy atom. The number of nitrogens with zero attached hydrogens (tertiary/aromatic N) is 2. The summed E-state index contributed by atoms with van der Waals surface area (Å²) in [5, 5.41) is 4.79. The van der Waals surface area contributed by atoms with Crippen LogP contribution in [-0.4, -0.2) is 9.78 Å². The fraction of sp³-hybridized carbons (Fsp3) is 0.182. The van der Waals surface area contributed by atoms with Crippen LogP contribution < -0.4 is 0 Å². The molecule has 1 aromatic heterocycles. The number of rotatable bonds is 2. The fourth-order valence-corrected chi connectivity index (χ4v) is 1.72. The van der Waals surface area contributed by atoms with E-state index in [0.29, 0.717) is 10.9 Å². The van der Waals surface area contributed by atoms with Crippen molar-refractivity contribution in [1.82, 2.24) is 9.78 Å². The van der Waals surface area contributed by atoms with Crippen molar-refractivity contribution in [2.24, 2.45) is 0 Å². The van der Waals surface area contributed by atoms with Crippen molar-refractivity contribution in [3.8, 4) is 5.69 Å². The van der Waals surface area contributed by atoms with Crippen molar-refractivity contribution >= 4 is 23.2 Å². The Labute approximate surface area is 98.4 Å². The molecule has 0 radical (unpaired) electrons. The quantitative estimate of drug-likeness (QED) is 0.735. The summed E-state index contributed by atoms with van der Waals surface area (Å²) in [4.78, 5) is 0. The van der Waals surface area contributed by atoms with E-state index in [1.54, 1.807) is 17.1 Å². The molecule has 78 valence electrons. The van der Waals surface area contributed by atoms with Crippen molar-refractivity contribution < 1.29 is 0 Å². The van der Waals surface area contributed by atoms with Crippen molar-refractivity contribution in [1.29, 1.82) is 0 Å².